The molecule has 2 aromatic rings. The van der Waals surface area contributed by atoms with Crippen LogP contribution in [0.25, 0.3) is 17.6 Å². The molecule has 0 amide bonds. The van der Waals surface area contributed by atoms with E-state index < -0.39 is 46.3 Å². The van der Waals surface area contributed by atoms with E-state index >= 15 is 4.79 Å². The molecule has 0 saturated heterocycles. The van der Waals surface area contributed by atoms with Crippen molar-refractivity contribution in [1.29, 1.82) is 0 Å². The van der Waals surface area contributed by atoms with Crippen LogP contribution in [-0.2, 0) is 25.5 Å². The van der Waals surface area contributed by atoms with E-state index in [0.717, 1.165) is 12.0 Å². The minimum absolute atomic E-state index is 0.111. The summed E-state index contributed by atoms with van der Waals surface area (Å²) in [5.41, 5.74) is 1.16. The van der Waals surface area contributed by atoms with E-state index in [9.17, 15) is 19.8 Å². The molecule has 2 N–H and O–H groups in total. The summed E-state index contributed by atoms with van der Waals surface area (Å²) >= 11 is 0. The average molecular weight is 773 g/mol. The molecule has 0 aromatic heterocycles. The molecule has 6 atom stereocenters. The summed E-state index contributed by atoms with van der Waals surface area (Å²) in [4.78, 5) is 42.3. The molecule has 9 rings (SSSR count). The number of rotatable bonds is 9. The van der Waals surface area contributed by atoms with E-state index in [1.807, 2.05) is 58.9 Å². The van der Waals surface area contributed by atoms with Gasteiger partial charge in [-0.15, -0.1) is 0 Å². The number of ether oxygens (including phenoxy) is 4. The summed E-state index contributed by atoms with van der Waals surface area (Å²) in [6.45, 7) is 15.8. The molecular formula is C48H52O9. The van der Waals surface area contributed by atoms with Crippen molar-refractivity contribution < 1.29 is 43.5 Å². The Balaban J connectivity index is 1.44. The first-order valence-electron chi connectivity index (χ1n) is 20.1. The summed E-state index contributed by atoms with van der Waals surface area (Å²) in [5.74, 6) is -2.18. The van der Waals surface area contributed by atoms with Gasteiger partial charge in [0.1, 0.15) is 39.9 Å². The van der Waals surface area contributed by atoms with E-state index in [1.165, 1.54) is 18.8 Å². The van der Waals surface area contributed by atoms with Crippen molar-refractivity contribution in [2.75, 3.05) is 7.11 Å². The second-order valence-corrected chi connectivity index (χ2v) is 17.6. The third-order valence-corrected chi connectivity index (χ3v) is 13.0. The van der Waals surface area contributed by atoms with Gasteiger partial charge in [-0.25, -0.2) is 4.79 Å². The Bertz CT molecular complexity index is 2340. The first kappa shape index (κ1) is 38.7. The molecule has 4 aliphatic carbocycles. The van der Waals surface area contributed by atoms with Crippen LogP contribution in [0.1, 0.15) is 114 Å². The van der Waals surface area contributed by atoms with Crippen LogP contribution < -0.4 is 9.47 Å². The van der Waals surface area contributed by atoms with Gasteiger partial charge in [-0.1, -0.05) is 67.5 Å². The minimum Gasteiger partial charge on any atom is -0.506 e. The smallest absolute Gasteiger partial charge is 0.333 e. The van der Waals surface area contributed by atoms with Crippen molar-refractivity contribution >= 4 is 35.1 Å². The molecular weight excluding hydrogens is 721 g/mol. The number of phenols is 1. The van der Waals surface area contributed by atoms with Crippen molar-refractivity contribution in [3.8, 4) is 17.2 Å². The summed E-state index contributed by atoms with van der Waals surface area (Å²) in [6, 6.07) is 7.25. The SMILES string of the molecule is COC(=O)/C(C)=C\CC1(O)C(=O)C2CC(C(C)C)C13Oc1c(CC=C(C)C)c4c(c(O)c1C1=C3C2C2=C(O1)c1ccccc1C2=O)C=CC(C)(CCC=C(C)C)O4. The molecule has 1 spiro atoms. The number of methoxy groups -OCH3 is 1. The summed E-state index contributed by atoms with van der Waals surface area (Å²) in [7, 11) is 1.28. The maximum atomic E-state index is 15.2. The molecule has 0 radical (unpaired) electrons. The fraction of sp³-hybridized carbons (Fsp3) is 0.438. The van der Waals surface area contributed by atoms with Gasteiger partial charge >= 0.3 is 5.97 Å². The van der Waals surface area contributed by atoms with Gasteiger partial charge in [0, 0.05) is 52.0 Å². The van der Waals surface area contributed by atoms with Gasteiger partial charge in [-0.2, -0.15) is 0 Å². The highest BCUT2D eigenvalue weighted by Crippen LogP contribution is 2.71. The predicted molar refractivity (Wildman–Crippen MR) is 217 cm³/mol. The molecule has 3 heterocycles. The number of fused-ring (bicyclic) bond motifs is 7. The van der Waals surface area contributed by atoms with E-state index in [0.29, 0.717) is 69.7 Å². The van der Waals surface area contributed by atoms with Crippen LogP contribution >= 0.6 is 0 Å². The number of hydrogen-bond donors (Lipinski definition) is 2. The van der Waals surface area contributed by atoms with Crippen molar-refractivity contribution in [2.24, 2.45) is 23.7 Å². The predicted octanol–water partition coefficient (Wildman–Crippen LogP) is 9.02. The maximum absolute atomic E-state index is 15.2. The fourth-order valence-corrected chi connectivity index (χ4v) is 10.2. The Kier molecular flexibility index (Phi) is 9.15. The molecule has 3 aliphatic heterocycles. The normalized spacial score (nSPS) is 28.8. The third kappa shape index (κ3) is 5.48. The zero-order valence-corrected chi connectivity index (χ0v) is 34.3. The molecule has 6 unspecified atom stereocenters. The van der Waals surface area contributed by atoms with Gasteiger partial charge < -0.3 is 29.2 Å². The molecule has 9 nitrogen and oxygen atoms in total. The van der Waals surface area contributed by atoms with Crippen LogP contribution in [-0.4, -0.2) is 51.7 Å². The maximum Gasteiger partial charge on any atom is 0.333 e. The third-order valence-electron chi connectivity index (χ3n) is 13.0. The van der Waals surface area contributed by atoms with Crippen LogP contribution in [0, 0.1) is 23.7 Å². The van der Waals surface area contributed by atoms with Gasteiger partial charge in [0.25, 0.3) is 0 Å². The van der Waals surface area contributed by atoms with Crippen molar-refractivity contribution in [1.82, 2.24) is 0 Å². The fourth-order valence-electron chi connectivity index (χ4n) is 10.2. The lowest BCUT2D eigenvalue weighted by Gasteiger charge is -2.65. The number of hydrogen-bond acceptors (Lipinski definition) is 9. The van der Waals surface area contributed by atoms with Crippen LogP contribution in [0.3, 0.4) is 0 Å². The lowest BCUT2D eigenvalue weighted by molar-refractivity contribution is -0.210. The molecule has 298 valence electrons. The van der Waals surface area contributed by atoms with E-state index in [4.69, 9.17) is 18.9 Å². The topological polar surface area (TPSA) is 129 Å². The van der Waals surface area contributed by atoms with Gasteiger partial charge in [0.05, 0.1) is 18.2 Å². The lowest BCUT2D eigenvalue weighted by Crippen LogP contribution is -2.78. The van der Waals surface area contributed by atoms with E-state index in [1.54, 1.807) is 19.1 Å². The van der Waals surface area contributed by atoms with E-state index in [2.05, 4.69) is 26.0 Å². The highest BCUT2D eigenvalue weighted by atomic mass is 16.5. The van der Waals surface area contributed by atoms with Crippen LogP contribution in [0.5, 0.6) is 17.2 Å². The zero-order valence-electron chi connectivity index (χ0n) is 34.3. The Hall–Kier alpha value is -5.15. The molecule has 3 fully saturated rings. The van der Waals surface area contributed by atoms with E-state index in [-0.39, 0.29) is 41.0 Å². The number of carbonyl (C=O) groups is 3. The molecule has 3 saturated carbocycles. The lowest BCUT2D eigenvalue weighted by atomic mass is 9.43. The summed E-state index contributed by atoms with van der Waals surface area (Å²) in [5, 5.41) is 25.9. The van der Waals surface area contributed by atoms with Crippen molar-refractivity contribution in [3.05, 3.63) is 104 Å². The zero-order chi connectivity index (χ0) is 40.9. The minimum atomic E-state index is -2.20. The molecule has 7 aliphatic rings. The Morgan fingerprint density at radius 3 is 2.35 bits per heavy atom. The van der Waals surface area contributed by atoms with Gasteiger partial charge in [0.2, 0.25) is 0 Å². The number of ketones is 2. The van der Waals surface area contributed by atoms with Crippen molar-refractivity contribution in [2.45, 2.75) is 104 Å². The number of carbonyl (C=O) groups excluding carboxylic acids is 3. The monoisotopic (exact) mass is 772 g/mol. The van der Waals surface area contributed by atoms with Crippen molar-refractivity contribution in [3.63, 3.8) is 0 Å². The number of aromatic hydroxyl groups is 1. The number of benzene rings is 2. The number of phenolic OH excluding ortho intramolecular Hbond substituents is 1. The summed E-state index contributed by atoms with van der Waals surface area (Å²) < 4.78 is 26.4. The van der Waals surface area contributed by atoms with Gasteiger partial charge in [-0.3, -0.25) is 9.59 Å². The van der Waals surface area contributed by atoms with Crippen LogP contribution in [0.4, 0.5) is 0 Å². The molecule has 9 heteroatoms. The highest BCUT2D eigenvalue weighted by Gasteiger charge is 2.77. The number of allylic oxidation sites excluding steroid dienone is 5. The first-order valence-corrected chi connectivity index (χ1v) is 20.1. The Morgan fingerprint density at radius 1 is 0.982 bits per heavy atom. The largest absolute Gasteiger partial charge is 0.506 e. The molecule has 2 aromatic carbocycles. The number of Topliss-reactive ketones (excluding diaryl/α,β-unsaturated/α-hetero) is 2. The number of esters is 1. The molecule has 57 heavy (non-hydrogen) atoms. The number of aliphatic hydroxyl groups is 1. The Morgan fingerprint density at radius 2 is 1.68 bits per heavy atom. The quantitative estimate of drug-likeness (QED) is 0.146. The van der Waals surface area contributed by atoms with Gasteiger partial charge in [0.15, 0.2) is 22.8 Å². The average Bonchev–Trinajstić information content (AvgIpc) is 3.45. The van der Waals surface area contributed by atoms with Gasteiger partial charge in [-0.05, 0) is 85.3 Å². The first-order chi connectivity index (χ1) is 27.0. The highest BCUT2D eigenvalue weighted by molar-refractivity contribution is 6.22. The summed E-state index contributed by atoms with van der Waals surface area (Å²) in [6.07, 6.45) is 11.6. The van der Waals surface area contributed by atoms with Crippen LogP contribution in [0.2, 0.25) is 0 Å². The second-order valence-electron chi connectivity index (χ2n) is 17.6. The standard InChI is InChI=1S/C48H52O9/c1-24(2)13-12-20-46(8)21-19-30-39(50)36-42(31(40(30)56-46)17-16-25(3)4)57-48-33(26(5)6)23-32(44(51)47(48,53)22-18-27(7)45(52)54-9)34-35-38(49)28-14-10-11-15-29(28)41(35)55-43(36)37(34)48/h10-11,13-16,18-19,21,26,32-34,50,53H,12,17,20,22-23H2,1-9H3/b27-18-. The molecule has 2 bridgehead atoms. The second kappa shape index (κ2) is 13.5. The Labute approximate surface area is 334 Å². The van der Waals surface area contributed by atoms with Crippen LogP contribution in [0.15, 0.2) is 76.4 Å².